The van der Waals surface area contributed by atoms with E-state index < -0.39 is 0 Å². The topological polar surface area (TPSA) is 12.0 Å². The summed E-state index contributed by atoms with van der Waals surface area (Å²) in [6.45, 7) is 5.53. The Morgan fingerprint density at radius 3 is 2.60 bits per heavy atom. The van der Waals surface area contributed by atoms with E-state index in [2.05, 4.69) is 25.2 Å². The van der Waals surface area contributed by atoms with E-state index in [-0.39, 0.29) is 0 Å². The van der Waals surface area contributed by atoms with Crippen molar-refractivity contribution in [3.8, 4) is 0 Å². The third-order valence-electron chi connectivity index (χ3n) is 4.94. The lowest BCUT2D eigenvalue weighted by Crippen LogP contribution is -2.38. The molecule has 0 saturated heterocycles. The molecule has 1 aromatic rings. The third kappa shape index (κ3) is 3.00. The minimum absolute atomic E-state index is 0.381. The van der Waals surface area contributed by atoms with E-state index in [0.717, 1.165) is 29.8 Å². The van der Waals surface area contributed by atoms with Crippen molar-refractivity contribution in [3.05, 3.63) is 33.8 Å². The molecular formula is C17H23Cl2N. The molecule has 0 aromatic heterocycles. The van der Waals surface area contributed by atoms with Crippen LogP contribution in [0.15, 0.2) is 18.2 Å². The van der Waals surface area contributed by atoms with Gasteiger partial charge in [-0.15, -0.1) is 0 Å². The maximum Gasteiger partial charge on any atom is 0.0624 e. The summed E-state index contributed by atoms with van der Waals surface area (Å²) in [4.78, 5) is 0. The van der Waals surface area contributed by atoms with Gasteiger partial charge >= 0.3 is 0 Å². The fourth-order valence-corrected chi connectivity index (χ4v) is 4.25. The van der Waals surface area contributed by atoms with Crippen molar-refractivity contribution in [3.63, 3.8) is 0 Å². The monoisotopic (exact) mass is 311 g/mol. The molecule has 1 aromatic carbocycles. The Kier molecular flexibility index (Phi) is 4.05. The van der Waals surface area contributed by atoms with Gasteiger partial charge in [-0.2, -0.15) is 0 Å². The van der Waals surface area contributed by atoms with Crippen LogP contribution < -0.4 is 5.32 Å². The highest BCUT2D eigenvalue weighted by atomic mass is 35.5. The summed E-state index contributed by atoms with van der Waals surface area (Å²) in [6, 6.07) is 6.56. The van der Waals surface area contributed by atoms with Gasteiger partial charge in [-0.25, -0.2) is 0 Å². The number of hydrogen-bond donors (Lipinski definition) is 1. The average molecular weight is 312 g/mol. The molecule has 3 rings (SSSR count). The third-order valence-corrected chi connectivity index (χ3v) is 5.80. The molecular weight excluding hydrogens is 289 g/mol. The van der Waals surface area contributed by atoms with Gasteiger partial charge in [-0.3, -0.25) is 0 Å². The van der Waals surface area contributed by atoms with E-state index >= 15 is 0 Å². The zero-order valence-electron chi connectivity index (χ0n) is 12.3. The first-order valence-electron chi connectivity index (χ1n) is 7.65. The van der Waals surface area contributed by atoms with E-state index in [0.29, 0.717) is 16.5 Å². The van der Waals surface area contributed by atoms with E-state index in [4.69, 9.17) is 23.2 Å². The maximum absolute atomic E-state index is 6.39. The van der Waals surface area contributed by atoms with Gasteiger partial charge < -0.3 is 5.32 Å². The molecule has 2 unspecified atom stereocenters. The summed E-state index contributed by atoms with van der Waals surface area (Å²) in [6.07, 6.45) is 5.20. The van der Waals surface area contributed by atoms with E-state index in [1.807, 2.05) is 12.1 Å². The molecule has 2 aliphatic carbocycles. The summed E-state index contributed by atoms with van der Waals surface area (Å²) in [7, 11) is 0. The Morgan fingerprint density at radius 2 is 1.95 bits per heavy atom. The van der Waals surface area contributed by atoms with Crippen LogP contribution in [0.5, 0.6) is 0 Å². The lowest BCUT2D eigenvalue weighted by molar-refractivity contribution is 0.241. The number of fused-ring (bicyclic) bond motifs is 1. The number of hydrogen-bond acceptors (Lipinski definition) is 1. The average Bonchev–Trinajstić information content (AvgIpc) is 3.01. The lowest BCUT2D eigenvalue weighted by Gasteiger charge is -2.33. The second-order valence-electron chi connectivity index (χ2n) is 7.09. The Balaban J connectivity index is 1.78. The molecule has 20 heavy (non-hydrogen) atoms. The quantitative estimate of drug-likeness (QED) is 0.811. The first-order valence-corrected chi connectivity index (χ1v) is 8.41. The first-order chi connectivity index (χ1) is 9.49. The number of benzene rings is 1. The van der Waals surface area contributed by atoms with Crippen LogP contribution in [0.25, 0.3) is 0 Å². The normalized spacial score (nSPS) is 31.6. The van der Waals surface area contributed by atoms with Crippen molar-refractivity contribution >= 4 is 23.2 Å². The van der Waals surface area contributed by atoms with Gasteiger partial charge in [0.1, 0.15) is 0 Å². The number of nitrogens with one attached hydrogen (secondary N) is 1. The highest BCUT2D eigenvalue weighted by Gasteiger charge is 2.53. The molecule has 0 amide bonds. The summed E-state index contributed by atoms with van der Waals surface area (Å²) < 4.78 is 0. The van der Waals surface area contributed by atoms with Crippen molar-refractivity contribution in [1.82, 2.24) is 5.32 Å². The predicted molar refractivity (Wildman–Crippen MR) is 86.6 cm³/mol. The zero-order chi connectivity index (χ0) is 14.3. The van der Waals surface area contributed by atoms with Gasteiger partial charge in [0, 0.05) is 12.6 Å². The van der Waals surface area contributed by atoms with Crippen LogP contribution in [0.4, 0.5) is 0 Å². The minimum atomic E-state index is 0.381. The van der Waals surface area contributed by atoms with Crippen LogP contribution in [-0.2, 0) is 6.42 Å². The second-order valence-corrected chi connectivity index (χ2v) is 7.87. The highest BCUT2D eigenvalue weighted by Crippen LogP contribution is 2.60. The summed E-state index contributed by atoms with van der Waals surface area (Å²) in [5.41, 5.74) is 1.60. The summed E-state index contributed by atoms with van der Waals surface area (Å²) in [5, 5.41) is 5.08. The second kappa shape index (κ2) is 5.51. The summed E-state index contributed by atoms with van der Waals surface area (Å²) >= 11 is 12.6. The van der Waals surface area contributed by atoms with Gasteiger partial charge in [-0.1, -0.05) is 49.2 Å². The number of rotatable bonds is 5. The van der Waals surface area contributed by atoms with Crippen LogP contribution in [0.2, 0.25) is 10.0 Å². The Bertz CT molecular complexity index is 488. The molecule has 0 spiro atoms. The van der Waals surface area contributed by atoms with Crippen molar-refractivity contribution in [2.45, 2.75) is 45.6 Å². The Labute approximate surface area is 132 Å². The van der Waals surface area contributed by atoms with Crippen LogP contribution in [0.1, 0.15) is 38.7 Å². The van der Waals surface area contributed by atoms with Crippen molar-refractivity contribution in [1.29, 1.82) is 0 Å². The summed E-state index contributed by atoms with van der Waals surface area (Å²) in [5.74, 6) is 1.95. The molecule has 0 heterocycles. The molecule has 0 bridgehead atoms. The van der Waals surface area contributed by atoms with Gasteiger partial charge in [-0.05, 0) is 54.6 Å². The highest BCUT2D eigenvalue weighted by molar-refractivity contribution is 6.42. The van der Waals surface area contributed by atoms with E-state index in [9.17, 15) is 0 Å². The molecule has 0 aliphatic heterocycles. The first kappa shape index (κ1) is 14.7. The fourth-order valence-electron chi connectivity index (χ4n) is 3.87. The van der Waals surface area contributed by atoms with Gasteiger partial charge in [0.05, 0.1) is 10.0 Å². The molecule has 110 valence electrons. The van der Waals surface area contributed by atoms with Gasteiger partial charge in [0.25, 0.3) is 0 Å². The molecule has 0 radical (unpaired) electrons. The SMILES string of the molecule is CC(C)NCC1(Cc2cccc(Cl)c2Cl)CC2CC2C1. The predicted octanol–water partition coefficient (Wildman–Crippen LogP) is 4.95. The molecule has 2 fully saturated rings. The van der Waals surface area contributed by atoms with Crippen LogP contribution >= 0.6 is 23.2 Å². The van der Waals surface area contributed by atoms with Crippen LogP contribution in [0, 0.1) is 17.3 Å². The van der Waals surface area contributed by atoms with E-state index in [1.54, 1.807) is 0 Å². The van der Waals surface area contributed by atoms with E-state index in [1.165, 1.54) is 24.8 Å². The Morgan fingerprint density at radius 1 is 1.25 bits per heavy atom. The van der Waals surface area contributed by atoms with Crippen molar-refractivity contribution in [2.24, 2.45) is 17.3 Å². The molecule has 2 saturated carbocycles. The molecule has 2 atom stereocenters. The lowest BCUT2D eigenvalue weighted by atomic mass is 9.77. The van der Waals surface area contributed by atoms with Crippen LogP contribution in [-0.4, -0.2) is 12.6 Å². The Hall–Kier alpha value is -0.240. The largest absolute Gasteiger partial charge is 0.314 e. The molecule has 1 N–H and O–H groups in total. The molecule has 3 heteroatoms. The molecule has 2 aliphatic rings. The van der Waals surface area contributed by atoms with Crippen molar-refractivity contribution in [2.75, 3.05) is 6.54 Å². The molecule has 1 nitrogen and oxygen atoms in total. The maximum atomic E-state index is 6.39. The van der Waals surface area contributed by atoms with Gasteiger partial charge in [0.2, 0.25) is 0 Å². The van der Waals surface area contributed by atoms with Crippen LogP contribution in [0.3, 0.4) is 0 Å². The zero-order valence-corrected chi connectivity index (χ0v) is 13.8. The standard InChI is InChI=1S/C17H23Cl2N/c1-11(2)20-10-17(8-13-6-14(13)9-17)7-12-4-3-5-15(18)16(12)19/h3-5,11,13-14,20H,6-10H2,1-2H3. The minimum Gasteiger partial charge on any atom is -0.314 e. The van der Waals surface area contributed by atoms with Gasteiger partial charge in [0.15, 0.2) is 0 Å². The van der Waals surface area contributed by atoms with Crippen molar-refractivity contribution < 1.29 is 0 Å². The fraction of sp³-hybridized carbons (Fsp3) is 0.647. The smallest absolute Gasteiger partial charge is 0.0624 e. The number of halogens is 2.